The van der Waals surface area contributed by atoms with Crippen LogP contribution in [0.5, 0.6) is 5.75 Å². The number of para-hydroxylation sites is 1. The molecule has 1 N–H and O–H groups in total. The van der Waals surface area contributed by atoms with Gasteiger partial charge in [0.2, 0.25) is 5.91 Å². The number of carbonyl (C=O) groups excluding carboxylic acids is 1. The second-order valence-electron chi connectivity index (χ2n) is 8.36. The Morgan fingerprint density at radius 1 is 1.34 bits per heavy atom. The summed E-state index contributed by atoms with van der Waals surface area (Å²) in [6.45, 7) is 2.70. The van der Waals surface area contributed by atoms with E-state index in [4.69, 9.17) is 14.3 Å². The third kappa shape index (κ3) is 4.12. The lowest BCUT2D eigenvalue weighted by Crippen LogP contribution is -2.48. The summed E-state index contributed by atoms with van der Waals surface area (Å²) >= 11 is 0. The van der Waals surface area contributed by atoms with E-state index in [0.29, 0.717) is 45.4 Å². The van der Waals surface area contributed by atoms with Gasteiger partial charge in [-0.25, -0.2) is 0 Å². The summed E-state index contributed by atoms with van der Waals surface area (Å²) in [6.07, 6.45) is 3.45. The number of likely N-dealkylation sites (tertiary alicyclic amines) is 1. The van der Waals surface area contributed by atoms with Crippen LogP contribution >= 0.6 is 0 Å². The second kappa shape index (κ2) is 8.71. The maximum absolute atomic E-state index is 13.5. The smallest absolute Gasteiger partial charge is 0.229 e. The lowest BCUT2D eigenvalue weighted by Gasteiger charge is -2.39. The van der Waals surface area contributed by atoms with Gasteiger partial charge < -0.3 is 24.3 Å². The number of rotatable bonds is 6. The first-order chi connectivity index (χ1) is 14.1. The SMILES string of the molecule is COc1ccccc1C1=NO[C@@H](CC2(C(=O)N3CC[C@H](CO)C3)CCOCC2)C1. The molecular formula is C22H30N2O5. The third-order valence-corrected chi connectivity index (χ3v) is 6.50. The van der Waals surface area contributed by atoms with Crippen molar-refractivity contribution in [2.45, 2.75) is 38.2 Å². The van der Waals surface area contributed by atoms with Crippen LogP contribution in [0.1, 0.15) is 37.7 Å². The number of nitrogens with zero attached hydrogens (tertiary/aromatic N) is 2. The van der Waals surface area contributed by atoms with Gasteiger partial charge in [-0.15, -0.1) is 0 Å². The van der Waals surface area contributed by atoms with Gasteiger partial charge in [0.05, 0.1) is 18.2 Å². The number of methoxy groups -OCH3 is 1. The Labute approximate surface area is 171 Å². The maximum Gasteiger partial charge on any atom is 0.229 e. The number of hydrogen-bond acceptors (Lipinski definition) is 6. The zero-order valence-corrected chi connectivity index (χ0v) is 17.0. The molecule has 1 aromatic carbocycles. The normalized spacial score (nSPS) is 26.1. The van der Waals surface area contributed by atoms with Crippen molar-refractivity contribution in [2.24, 2.45) is 16.5 Å². The fourth-order valence-electron chi connectivity index (χ4n) is 4.78. The van der Waals surface area contributed by atoms with Gasteiger partial charge in [-0.1, -0.05) is 17.3 Å². The minimum Gasteiger partial charge on any atom is -0.496 e. The van der Waals surface area contributed by atoms with E-state index in [-0.39, 0.29) is 24.5 Å². The van der Waals surface area contributed by atoms with Crippen molar-refractivity contribution in [1.29, 1.82) is 0 Å². The standard InChI is InChI=1S/C22H30N2O5/c1-27-20-5-3-2-4-18(20)19-12-17(29-23-19)13-22(7-10-28-11-8-22)21(26)24-9-6-16(14-24)15-25/h2-5,16-17,25H,6-15H2,1H3/t16-,17+/m0/s1. The molecule has 0 aromatic heterocycles. The average Bonchev–Trinajstić information content (AvgIpc) is 3.43. The molecule has 0 aliphatic carbocycles. The van der Waals surface area contributed by atoms with Crippen molar-refractivity contribution in [3.63, 3.8) is 0 Å². The summed E-state index contributed by atoms with van der Waals surface area (Å²) < 4.78 is 11.0. The first-order valence-electron chi connectivity index (χ1n) is 10.5. The summed E-state index contributed by atoms with van der Waals surface area (Å²) in [5.74, 6) is 1.16. The van der Waals surface area contributed by atoms with Crippen molar-refractivity contribution < 1.29 is 24.2 Å². The third-order valence-electron chi connectivity index (χ3n) is 6.50. The van der Waals surface area contributed by atoms with Gasteiger partial charge in [0.15, 0.2) is 0 Å². The summed E-state index contributed by atoms with van der Waals surface area (Å²) in [4.78, 5) is 21.2. The van der Waals surface area contributed by atoms with Gasteiger partial charge in [-0.2, -0.15) is 0 Å². The quantitative estimate of drug-likeness (QED) is 0.789. The molecule has 7 nitrogen and oxygen atoms in total. The number of amides is 1. The van der Waals surface area contributed by atoms with E-state index in [1.54, 1.807) is 7.11 Å². The van der Waals surface area contributed by atoms with Crippen molar-refractivity contribution in [1.82, 2.24) is 4.90 Å². The lowest BCUT2D eigenvalue weighted by atomic mass is 9.73. The number of oxime groups is 1. The molecule has 2 atom stereocenters. The fourth-order valence-corrected chi connectivity index (χ4v) is 4.78. The van der Waals surface area contributed by atoms with Crippen LogP contribution in [0.4, 0.5) is 0 Å². The first-order valence-corrected chi connectivity index (χ1v) is 10.5. The summed E-state index contributed by atoms with van der Waals surface area (Å²) in [6, 6.07) is 7.79. The zero-order valence-electron chi connectivity index (χ0n) is 17.0. The Kier molecular flexibility index (Phi) is 6.06. The molecule has 3 heterocycles. The van der Waals surface area contributed by atoms with Crippen molar-refractivity contribution in [3.8, 4) is 5.75 Å². The Bertz CT molecular complexity index is 759. The van der Waals surface area contributed by atoms with Crippen LogP contribution in [0.15, 0.2) is 29.4 Å². The summed E-state index contributed by atoms with van der Waals surface area (Å²) in [5.41, 5.74) is 1.33. The monoisotopic (exact) mass is 402 g/mol. The van der Waals surface area contributed by atoms with Crippen molar-refractivity contribution in [3.05, 3.63) is 29.8 Å². The van der Waals surface area contributed by atoms with E-state index in [9.17, 15) is 9.90 Å². The van der Waals surface area contributed by atoms with E-state index in [1.165, 1.54) is 0 Å². The summed E-state index contributed by atoms with van der Waals surface area (Å²) in [7, 11) is 1.65. The van der Waals surface area contributed by atoms with Crippen LogP contribution < -0.4 is 4.74 Å². The van der Waals surface area contributed by atoms with E-state index >= 15 is 0 Å². The van der Waals surface area contributed by atoms with Crippen molar-refractivity contribution >= 4 is 11.6 Å². The van der Waals surface area contributed by atoms with Gasteiger partial charge >= 0.3 is 0 Å². The van der Waals surface area contributed by atoms with Gasteiger partial charge in [-0.3, -0.25) is 4.79 Å². The minimum atomic E-state index is -0.473. The summed E-state index contributed by atoms with van der Waals surface area (Å²) in [5, 5.41) is 13.8. The molecule has 1 aromatic rings. The molecule has 2 fully saturated rings. The Morgan fingerprint density at radius 3 is 2.86 bits per heavy atom. The second-order valence-corrected chi connectivity index (χ2v) is 8.36. The molecule has 0 spiro atoms. The molecule has 2 saturated heterocycles. The van der Waals surface area contributed by atoms with Crippen molar-refractivity contribution in [2.75, 3.05) is 40.0 Å². The highest BCUT2D eigenvalue weighted by Gasteiger charge is 2.46. The Hall–Kier alpha value is -2.12. The number of ether oxygens (including phenoxy) is 2. The van der Waals surface area contributed by atoms with Gasteiger partial charge in [-0.05, 0) is 31.4 Å². The molecule has 0 radical (unpaired) electrons. The molecule has 0 unspecified atom stereocenters. The maximum atomic E-state index is 13.5. The number of hydrogen-bond donors (Lipinski definition) is 1. The highest BCUT2D eigenvalue weighted by Crippen LogP contribution is 2.41. The van der Waals surface area contributed by atoms with Crippen LogP contribution in [-0.4, -0.2) is 67.7 Å². The molecule has 3 aliphatic heterocycles. The van der Waals surface area contributed by atoms with E-state index in [2.05, 4.69) is 5.16 Å². The molecule has 29 heavy (non-hydrogen) atoms. The van der Waals surface area contributed by atoms with Gasteiger partial charge in [0, 0.05) is 57.2 Å². The molecular weight excluding hydrogens is 372 g/mol. The molecule has 158 valence electrons. The van der Waals surface area contributed by atoms with E-state index < -0.39 is 5.41 Å². The fraction of sp³-hybridized carbons (Fsp3) is 0.636. The average molecular weight is 402 g/mol. The molecule has 4 rings (SSSR count). The Morgan fingerprint density at radius 2 is 2.14 bits per heavy atom. The predicted octanol–water partition coefficient (Wildman–Crippen LogP) is 2.22. The predicted molar refractivity (Wildman–Crippen MR) is 108 cm³/mol. The van der Waals surface area contributed by atoms with E-state index in [0.717, 1.165) is 30.0 Å². The Balaban J connectivity index is 1.46. The first kappa shape index (κ1) is 20.2. The number of benzene rings is 1. The highest BCUT2D eigenvalue weighted by atomic mass is 16.6. The number of carbonyl (C=O) groups is 1. The largest absolute Gasteiger partial charge is 0.496 e. The van der Waals surface area contributed by atoms with Crippen LogP contribution in [0.2, 0.25) is 0 Å². The molecule has 0 bridgehead atoms. The topological polar surface area (TPSA) is 80.6 Å². The lowest BCUT2D eigenvalue weighted by molar-refractivity contribution is -0.150. The van der Waals surface area contributed by atoms with Crippen LogP contribution in [-0.2, 0) is 14.4 Å². The molecule has 0 saturated carbocycles. The van der Waals surface area contributed by atoms with Crippen LogP contribution in [0, 0.1) is 11.3 Å². The van der Waals surface area contributed by atoms with E-state index in [1.807, 2.05) is 29.2 Å². The number of aliphatic hydroxyl groups excluding tert-OH is 1. The van der Waals surface area contributed by atoms with Gasteiger partial charge in [0.1, 0.15) is 11.9 Å². The molecule has 7 heteroatoms. The van der Waals surface area contributed by atoms with Gasteiger partial charge in [0.25, 0.3) is 0 Å². The minimum absolute atomic E-state index is 0.131. The highest BCUT2D eigenvalue weighted by molar-refractivity contribution is 6.03. The number of aliphatic hydroxyl groups is 1. The molecule has 1 amide bonds. The van der Waals surface area contributed by atoms with Crippen LogP contribution in [0.3, 0.4) is 0 Å². The zero-order chi connectivity index (χ0) is 20.3. The molecule has 3 aliphatic rings. The van der Waals surface area contributed by atoms with Crippen LogP contribution in [0.25, 0.3) is 0 Å².